The van der Waals surface area contributed by atoms with Gasteiger partial charge >= 0.3 is 0 Å². The van der Waals surface area contributed by atoms with Gasteiger partial charge in [0.2, 0.25) is 0 Å². The Morgan fingerprint density at radius 1 is 1.05 bits per heavy atom. The number of halogens is 5. The van der Waals surface area contributed by atoms with Gasteiger partial charge in [0.05, 0.1) is 11.1 Å². The normalized spacial score (nSPS) is 12.5. The van der Waals surface area contributed by atoms with Crippen molar-refractivity contribution >= 4 is 50.7 Å². The molecular formula is C13H8BrCl3FN. The number of benzene rings is 2. The van der Waals surface area contributed by atoms with Crippen LogP contribution in [0.3, 0.4) is 0 Å². The van der Waals surface area contributed by atoms with Gasteiger partial charge in [0, 0.05) is 25.6 Å². The van der Waals surface area contributed by atoms with E-state index in [1.165, 1.54) is 0 Å². The van der Waals surface area contributed by atoms with Gasteiger partial charge in [-0.25, -0.2) is 4.39 Å². The summed E-state index contributed by atoms with van der Waals surface area (Å²) in [6.07, 6.45) is 0. The van der Waals surface area contributed by atoms with Gasteiger partial charge in [-0.1, -0.05) is 46.9 Å². The van der Waals surface area contributed by atoms with Gasteiger partial charge in [-0.05, 0) is 34.1 Å². The Labute approximate surface area is 133 Å². The summed E-state index contributed by atoms with van der Waals surface area (Å²) in [5, 5.41) is 0.757. The molecule has 1 nitrogen and oxygen atoms in total. The Morgan fingerprint density at radius 3 is 2.21 bits per heavy atom. The van der Waals surface area contributed by atoms with Gasteiger partial charge in [0.15, 0.2) is 0 Å². The van der Waals surface area contributed by atoms with Gasteiger partial charge in [-0.3, -0.25) is 0 Å². The molecule has 0 saturated carbocycles. The summed E-state index contributed by atoms with van der Waals surface area (Å²) < 4.78 is 14.6. The summed E-state index contributed by atoms with van der Waals surface area (Å²) in [6.45, 7) is 0. The third-order valence-corrected chi connectivity index (χ3v) is 4.63. The maximum Gasteiger partial charge on any atom is 0.148 e. The molecule has 2 rings (SSSR count). The molecule has 0 saturated heterocycles. The summed E-state index contributed by atoms with van der Waals surface area (Å²) >= 11 is 21.1. The van der Waals surface area contributed by atoms with Gasteiger partial charge in [-0.2, -0.15) is 0 Å². The fourth-order valence-electron chi connectivity index (χ4n) is 1.74. The van der Waals surface area contributed by atoms with E-state index in [4.69, 9.17) is 40.5 Å². The molecule has 2 aromatic carbocycles. The molecule has 0 aromatic heterocycles. The predicted molar refractivity (Wildman–Crippen MR) is 81.6 cm³/mol. The molecule has 0 fully saturated rings. The average Bonchev–Trinajstić information content (AvgIpc) is 2.35. The second-order valence-corrected chi connectivity index (χ2v) is 5.92. The van der Waals surface area contributed by atoms with Crippen LogP contribution < -0.4 is 5.73 Å². The third-order valence-electron chi connectivity index (χ3n) is 2.71. The molecule has 0 aliphatic carbocycles. The Bertz CT molecular complexity index is 613. The average molecular weight is 383 g/mol. The monoisotopic (exact) mass is 381 g/mol. The van der Waals surface area contributed by atoms with Crippen molar-refractivity contribution in [3.63, 3.8) is 0 Å². The van der Waals surface area contributed by atoms with Crippen LogP contribution in [0.5, 0.6) is 0 Å². The SMILES string of the molecule is NC(c1ccc(Br)c(Cl)c1F)c1c(Cl)cccc1Cl. The van der Waals surface area contributed by atoms with E-state index < -0.39 is 11.9 Å². The zero-order valence-electron chi connectivity index (χ0n) is 9.43. The molecule has 0 aliphatic rings. The summed E-state index contributed by atoms with van der Waals surface area (Å²) in [6, 6.07) is 7.40. The van der Waals surface area contributed by atoms with Crippen molar-refractivity contribution in [2.75, 3.05) is 0 Å². The highest BCUT2D eigenvalue weighted by Gasteiger charge is 2.21. The summed E-state index contributed by atoms with van der Waals surface area (Å²) in [5.41, 5.74) is 6.77. The number of rotatable bonds is 2. The number of hydrogen-bond acceptors (Lipinski definition) is 1. The third kappa shape index (κ3) is 2.91. The van der Waals surface area contributed by atoms with Crippen LogP contribution in [-0.4, -0.2) is 0 Å². The van der Waals surface area contributed by atoms with Crippen molar-refractivity contribution in [2.45, 2.75) is 6.04 Å². The number of nitrogens with two attached hydrogens (primary N) is 1. The van der Waals surface area contributed by atoms with Crippen LogP contribution in [0, 0.1) is 5.82 Å². The minimum atomic E-state index is -0.785. The van der Waals surface area contributed by atoms with Crippen molar-refractivity contribution < 1.29 is 4.39 Å². The Hall–Kier alpha value is -0.320. The van der Waals surface area contributed by atoms with Crippen LogP contribution in [0.15, 0.2) is 34.8 Å². The molecule has 1 atom stereocenters. The molecule has 0 bridgehead atoms. The van der Waals surface area contributed by atoms with Gasteiger partial charge < -0.3 is 5.73 Å². The molecule has 0 heterocycles. The van der Waals surface area contributed by atoms with Crippen LogP contribution in [0.25, 0.3) is 0 Å². The van der Waals surface area contributed by atoms with Crippen molar-refractivity contribution in [3.8, 4) is 0 Å². The van der Waals surface area contributed by atoms with Crippen LogP contribution in [0.2, 0.25) is 15.1 Å². The number of hydrogen-bond donors (Lipinski definition) is 1. The molecule has 19 heavy (non-hydrogen) atoms. The minimum Gasteiger partial charge on any atom is -0.320 e. The van der Waals surface area contributed by atoms with E-state index in [1.54, 1.807) is 30.3 Å². The zero-order valence-corrected chi connectivity index (χ0v) is 13.3. The highest BCUT2D eigenvalue weighted by atomic mass is 79.9. The molecular weight excluding hydrogens is 375 g/mol. The van der Waals surface area contributed by atoms with Gasteiger partial charge in [0.25, 0.3) is 0 Å². The Kier molecular flexibility index (Phi) is 4.75. The Morgan fingerprint density at radius 2 is 1.63 bits per heavy atom. The highest BCUT2D eigenvalue weighted by molar-refractivity contribution is 9.10. The van der Waals surface area contributed by atoms with E-state index in [1.807, 2.05) is 0 Å². The molecule has 0 radical (unpaired) electrons. The van der Waals surface area contributed by atoms with Crippen molar-refractivity contribution in [1.29, 1.82) is 0 Å². The van der Waals surface area contributed by atoms with Gasteiger partial charge in [-0.15, -0.1) is 0 Å². The van der Waals surface area contributed by atoms with Crippen LogP contribution in [0.4, 0.5) is 4.39 Å². The van der Waals surface area contributed by atoms with Crippen molar-refractivity contribution in [1.82, 2.24) is 0 Å². The summed E-state index contributed by atoms with van der Waals surface area (Å²) in [7, 11) is 0. The lowest BCUT2D eigenvalue weighted by Crippen LogP contribution is -2.15. The molecule has 0 amide bonds. The second kappa shape index (κ2) is 5.98. The molecule has 100 valence electrons. The molecule has 1 unspecified atom stereocenters. The minimum absolute atomic E-state index is 0.0175. The maximum absolute atomic E-state index is 14.1. The first-order chi connectivity index (χ1) is 8.93. The largest absolute Gasteiger partial charge is 0.320 e. The lowest BCUT2D eigenvalue weighted by molar-refractivity contribution is 0.599. The molecule has 0 aliphatic heterocycles. The first kappa shape index (κ1) is 15.1. The maximum atomic E-state index is 14.1. The van der Waals surface area contributed by atoms with Crippen LogP contribution in [-0.2, 0) is 0 Å². The van der Waals surface area contributed by atoms with Gasteiger partial charge in [0.1, 0.15) is 5.82 Å². The van der Waals surface area contributed by atoms with E-state index in [0.717, 1.165) is 0 Å². The molecule has 2 N–H and O–H groups in total. The lowest BCUT2D eigenvalue weighted by atomic mass is 9.99. The predicted octanol–water partition coefficient (Wildman–Crippen LogP) is 5.60. The standard InChI is InChI=1S/C13H8BrCl3FN/c14-7-5-4-6(12(18)11(7)17)13(19)10-8(15)2-1-3-9(10)16/h1-5,13H,19H2. The van der Waals surface area contributed by atoms with Crippen LogP contribution in [0.1, 0.15) is 17.2 Å². The van der Waals surface area contributed by atoms with E-state index in [9.17, 15) is 4.39 Å². The first-order valence-corrected chi connectivity index (χ1v) is 7.19. The first-order valence-electron chi connectivity index (χ1n) is 5.26. The van der Waals surface area contributed by atoms with E-state index in [-0.39, 0.29) is 10.6 Å². The second-order valence-electron chi connectivity index (χ2n) is 3.88. The quantitative estimate of drug-likeness (QED) is 0.672. The molecule has 0 spiro atoms. The summed E-state index contributed by atoms with van der Waals surface area (Å²) in [4.78, 5) is 0. The molecule has 6 heteroatoms. The highest BCUT2D eigenvalue weighted by Crippen LogP contribution is 2.36. The fraction of sp³-hybridized carbons (Fsp3) is 0.0769. The Balaban J connectivity index is 2.57. The topological polar surface area (TPSA) is 26.0 Å². The summed E-state index contributed by atoms with van der Waals surface area (Å²) in [5.74, 6) is -0.584. The van der Waals surface area contributed by atoms with E-state index in [0.29, 0.717) is 20.1 Å². The zero-order chi connectivity index (χ0) is 14.2. The van der Waals surface area contributed by atoms with Crippen LogP contribution >= 0.6 is 50.7 Å². The van der Waals surface area contributed by atoms with Crippen molar-refractivity contribution in [2.24, 2.45) is 5.73 Å². The van der Waals surface area contributed by atoms with E-state index >= 15 is 0 Å². The molecule has 2 aromatic rings. The fourth-order valence-corrected chi connectivity index (χ4v) is 2.86. The lowest BCUT2D eigenvalue weighted by Gasteiger charge is -2.17. The smallest absolute Gasteiger partial charge is 0.148 e. The van der Waals surface area contributed by atoms with Crippen molar-refractivity contribution in [3.05, 3.63) is 66.8 Å². The van der Waals surface area contributed by atoms with E-state index in [2.05, 4.69) is 15.9 Å².